The predicted octanol–water partition coefficient (Wildman–Crippen LogP) is 6.38. The van der Waals surface area contributed by atoms with Crippen molar-refractivity contribution in [2.75, 3.05) is 20.3 Å². The van der Waals surface area contributed by atoms with Gasteiger partial charge in [-0.05, 0) is 27.8 Å². The highest BCUT2D eigenvalue weighted by Gasteiger charge is 2.54. The Morgan fingerprint density at radius 1 is 0.441 bits per heavy atom. The van der Waals surface area contributed by atoms with Gasteiger partial charge in [-0.15, -0.1) is 0 Å². The molecule has 0 aromatic heterocycles. The first-order valence-corrected chi connectivity index (χ1v) is 20.1. The van der Waals surface area contributed by atoms with Crippen LogP contribution in [0.3, 0.4) is 0 Å². The Hall–Kier alpha value is -4.34. The Kier molecular flexibility index (Phi) is 16.2. The third kappa shape index (κ3) is 11.9. The molecule has 0 amide bonds. The molecular formula is C48H54O11. The van der Waals surface area contributed by atoms with Crippen LogP contribution in [0.25, 0.3) is 0 Å². The van der Waals surface area contributed by atoms with E-state index in [9.17, 15) is 10.2 Å². The first-order chi connectivity index (χ1) is 29.1. The van der Waals surface area contributed by atoms with E-state index in [-0.39, 0.29) is 33.0 Å². The van der Waals surface area contributed by atoms with E-state index in [0.717, 1.165) is 27.8 Å². The van der Waals surface area contributed by atoms with E-state index < -0.39 is 68.0 Å². The molecule has 10 atom stereocenters. The van der Waals surface area contributed by atoms with Gasteiger partial charge >= 0.3 is 0 Å². The topological polar surface area (TPSA) is 124 Å². The summed E-state index contributed by atoms with van der Waals surface area (Å²) in [7, 11) is 1.48. The average Bonchev–Trinajstić information content (AvgIpc) is 3.29. The van der Waals surface area contributed by atoms with Gasteiger partial charge in [-0.1, -0.05) is 152 Å². The van der Waals surface area contributed by atoms with Crippen LogP contribution < -0.4 is 0 Å². The average molecular weight is 807 g/mol. The molecule has 2 heterocycles. The summed E-state index contributed by atoms with van der Waals surface area (Å²) in [5.41, 5.74) is 4.77. The molecule has 312 valence electrons. The summed E-state index contributed by atoms with van der Waals surface area (Å²) in [6.45, 7) is 0.898. The van der Waals surface area contributed by atoms with Gasteiger partial charge in [0.2, 0.25) is 0 Å². The smallest absolute Gasteiger partial charge is 0.187 e. The molecule has 2 aliphatic heterocycles. The molecule has 11 nitrogen and oxygen atoms in total. The SMILES string of the molecule is CO[C@@H]1O[C@H](CO)[C@H](O)[C@H](OCc2ccccc2)[C@H]1O[C@@H]1O[C@H](COCc2ccccc2)[C@H](OCc2ccccc2)[C@H](OCc2ccccc2)[C@H]1OCc1ccccc1. The molecule has 0 unspecified atom stereocenters. The zero-order valence-corrected chi connectivity index (χ0v) is 33.2. The summed E-state index contributed by atoms with van der Waals surface area (Å²) in [6.07, 6.45) is -9.55. The van der Waals surface area contributed by atoms with Crippen LogP contribution in [0.5, 0.6) is 0 Å². The Morgan fingerprint density at radius 3 is 1.27 bits per heavy atom. The van der Waals surface area contributed by atoms with Gasteiger partial charge in [0.05, 0.1) is 46.2 Å². The van der Waals surface area contributed by atoms with Crippen molar-refractivity contribution in [3.8, 4) is 0 Å². The van der Waals surface area contributed by atoms with Crippen LogP contribution >= 0.6 is 0 Å². The lowest BCUT2D eigenvalue weighted by atomic mass is 9.96. The van der Waals surface area contributed by atoms with Crippen molar-refractivity contribution in [1.29, 1.82) is 0 Å². The lowest BCUT2D eigenvalue weighted by Gasteiger charge is -2.49. The molecule has 2 aliphatic rings. The predicted molar refractivity (Wildman–Crippen MR) is 218 cm³/mol. The van der Waals surface area contributed by atoms with Crippen LogP contribution in [-0.2, 0) is 75.7 Å². The van der Waals surface area contributed by atoms with Crippen molar-refractivity contribution < 1.29 is 52.8 Å². The lowest BCUT2D eigenvalue weighted by molar-refractivity contribution is -0.378. The van der Waals surface area contributed by atoms with Gasteiger partial charge in [0.1, 0.15) is 48.8 Å². The summed E-state index contributed by atoms with van der Waals surface area (Å²) in [4.78, 5) is 0. The lowest BCUT2D eigenvalue weighted by Crippen LogP contribution is -2.66. The molecule has 0 radical (unpaired) electrons. The van der Waals surface area contributed by atoms with Gasteiger partial charge in [0.25, 0.3) is 0 Å². The maximum atomic E-state index is 11.6. The van der Waals surface area contributed by atoms with Crippen molar-refractivity contribution in [1.82, 2.24) is 0 Å². The van der Waals surface area contributed by atoms with E-state index >= 15 is 0 Å². The number of aliphatic hydroxyl groups is 2. The minimum atomic E-state index is -1.27. The number of rotatable bonds is 20. The van der Waals surface area contributed by atoms with E-state index in [0.29, 0.717) is 6.61 Å². The van der Waals surface area contributed by atoms with E-state index in [1.165, 1.54) is 7.11 Å². The van der Waals surface area contributed by atoms with Crippen molar-refractivity contribution in [2.24, 2.45) is 0 Å². The highest BCUT2D eigenvalue weighted by atomic mass is 16.8. The highest BCUT2D eigenvalue weighted by molar-refractivity contribution is 5.17. The maximum Gasteiger partial charge on any atom is 0.187 e. The molecule has 7 rings (SSSR count). The summed E-state index contributed by atoms with van der Waals surface area (Å²) >= 11 is 0. The van der Waals surface area contributed by atoms with Gasteiger partial charge < -0.3 is 52.8 Å². The van der Waals surface area contributed by atoms with E-state index in [4.69, 9.17) is 42.6 Å². The van der Waals surface area contributed by atoms with Crippen molar-refractivity contribution in [2.45, 2.75) is 94.4 Å². The van der Waals surface area contributed by atoms with E-state index in [2.05, 4.69) is 0 Å². The first kappa shape index (κ1) is 42.8. The summed E-state index contributed by atoms with van der Waals surface area (Å²) in [5, 5.41) is 21.8. The quantitative estimate of drug-likeness (QED) is 0.0912. The fourth-order valence-corrected chi connectivity index (χ4v) is 7.34. The molecule has 0 saturated carbocycles. The largest absolute Gasteiger partial charge is 0.394 e. The molecule has 2 fully saturated rings. The number of aliphatic hydroxyl groups excluding tert-OH is 2. The third-order valence-electron chi connectivity index (χ3n) is 10.4. The molecule has 0 bridgehead atoms. The van der Waals surface area contributed by atoms with Crippen LogP contribution in [0.2, 0.25) is 0 Å². The highest BCUT2D eigenvalue weighted by Crippen LogP contribution is 2.35. The van der Waals surface area contributed by atoms with Gasteiger partial charge in [-0.25, -0.2) is 0 Å². The molecule has 5 aromatic rings. The summed E-state index contributed by atoms with van der Waals surface area (Å²) in [5.74, 6) is 0. The molecule has 0 spiro atoms. The Morgan fingerprint density at radius 2 is 0.831 bits per heavy atom. The molecule has 59 heavy (non-hydrogen) atoms. The van der Waals surface area contributed by atoms with Gasteiger partial charge in [0.15, 0.2) is 12.6 Å². The second kappa shape index (κ2) is 22.3. The molecule has 2 N–H and O–H groups in total. The maximum absolute atomic E-state index is 11.6. The number of benzene rings is 5. The fraction of sp³-hybridized carbons (Fsp3) is 0.375. The minimum Gasteiger partial charge on any atom is -0.394 e. The van der Waals surface area contributed by atoms with Crippen LogP contribution in [0.4, 0.5) is 0 Å². The summed E-state index contributed by atoms with van der Waals surface area (Å²) in [6, 6.07) is 49.2. The molecular weight excluding hydrogens is 753 g/mol. The molecule has 0 aliphatic carbocycles. The molecule has 11 heteroatoms. The standard InChI is InChI=1S/C48H54O11/c1-51-47-46(43(41(50)39(27-49)57-47)54-30-36-21-11-4-12-22-36)59-48-45(56-32-38-25-15-6-16-26-38)44(55-31-37-23-13-5-14-24-37)42(53-29-35-19-9-3-10-20-35)40(58-48)33-52-28-34-17-7-2-8-18-34/h2-26,39-50H,27-33H2,1H3/t39-,40-,41+,42+,43+,44+,45-,46-,47-,48+/m1/s1. The Bertz CT molecular complexity index is 1890. The van der Waals surface area contributed by atoms with Crippen LogP contribution in [0.15, 0.2) is 152 Å². The van der Waals surface area contributed by atoms with Crippen molar-refractivity contribution in [3.63, 3.8) is 0 Å². The van der Waals surface area contributed by atoms with Gasteiger partial charge in [-0.3, -0.25) is 0 Å². The monoisotopic (exact) mass is 806 g/mol. The second-order valence-corrected chi connectivity index (χ2v) is 14.6. The number of hydrogen-bond donors (Lipinski definition) is 2. The summed E-state index contributed by atoms with van der Waals surface area (Å²) < 4.78 is 59.0. The number of methoxy groups -OCH3 is 1. The first-order valence-electron chi connectivity index (χ1n) is 20.1. The van der Waals surface area contributed by atoms with Crippen LogP contribution in [0, 0.1) is 0 Å². The minimum absolute atomic E-state index is 0.128. The normalized spacial score (nSPS) is 27.0. The van der Waals surface area contributed by atoms with Gasteiger partial charge in [0, 0.05) is 7.11 Å². The van der Waals surface area contributed by atoms with Gasteiger partial charge in [-0.2, -0.15) is 0 Å². The van der Waals surface area contributed by atoms with Crippen LogP contribution in [-0.4, -0.2) is 91.9 Å². The number of ether oxygens (including phenoxy) is 9. The number of hydrogen-bond acceptors (Lipinski definition) is 11. The zero-order chi connectivity index (χ0) is 40.7. The van der Waals surface area contributed by atoms with Crippen LogP contribution in [0.1, 0.15) is 27.8 Å². The molecule has 2 saturated heterocycles. The third-order valence-corrected chi connectivity index (χ3v) is 10.4. The zero-order valence-electron chi connectivity index (χ0n) is 33.2. The fourth-order valence-electron chi connectivity index (χ4n) is 7.34. The van der Waals surface area contributed by atoms with Crippen molar-refractivity contribution >= 4 is 0 Å². The Labute approximate surface area is 346 Å². The van der Waals surface area contributed by atoms with Crippen molar-refractivity contribution in [3.05, 3.63) is 179 Å². The second-order valence-electron chi connectivity index (χ2n) is 14.6. The molecule has 5 aromatic carbocycles. The van der Waals surface area contributed by atoms with E-state index in [1.807, 2.05) is 152 Å². The van der Waals surface area contributed by atoms with E-state index in [1.54, 1.807) is 0 Å². The Balaban J connectivity index is 1.24.